The van der Waals surface area contributed by atoms with Gasteiger partial charge in [0.15, 0.2) is 0 Å². The largest absolute Gasteiger partial charge is 0.366 e. The van der Waals surface area contributed by atoms with E-state index in [9.17, 15) is 0 Å². The Bertz CT molecular complexity index is 351. The second-order valence-electron chi connectivity index (χ2n) is 6.55. The van der Waals surface area contributed by atoms with Gasteiger partial charge in [-0.1, -0.05) is 38.7 Å². The van der Waals surface area contributed by atoms with E-state index in [1.807, 2.05) is 6.08 Å². The average molecular weight is 248 g/mol. The Labute approximate surface area is 113 Å². The van der Waals surface area contributed by atoms with Crippen molar-refractivity contribution in [3.63, 3.8) is 0 Å². The second kappa shape index (κ2) is 5.44. The number of hydrogen-bond donors (Lipinski definition) is 0. The molecule has 1 nitrogen and oxygen atoms in total. The zero-order chi connectivity index (χ0) is 14.0. The van der Waals surface area contributed by atoms with Crippen molar-refractivity contribution < 1.29 is 4.74 Å². The summed E-state index contributed by atoms with van der Waals surface area (Å²) in [5, 5.41) is 0. The van der Waals surface area contributed by atoms with Crippen molar-refractivity contribution in [3.8, 4) is 0 Å². The van der Waals surface area contributed by atoms with Crippen LogP contribution >= 0.6 is 0 Å². The maximum atomic E-state index is 6.21. The van der Waals surface area contributed by atoms with Crippen LogP contribution in [0.15, 0.2) is 37.0 Å². The van der Waals surface area contributed by atoms with Crippen LogP contribution in [0.1, 0.15) is 47.0 Å². The fourth-order valence-electron chi connectivity index (χ4n) is 3.27. The third-order valence-electron chi connectivity index (χ3n) is 4.19. The van der Waals surface area contributed by atoms with Crippen molar-refractivity contribution in [2.75, 3.05) is 6.61 Å². The van der Waals surface area contributed by atoms with E-state index in [1.165, 1.54) is 12.0 Å². The Morgan fingerprint density at radius 2 is 1.94 bits per heavy atom. The van der Waals surface area contributed by atoms with Crippen molar-refractivity contribution in [1.82, 2.24) is 0 Å². The lowest BCUT2D eigenvalue weighted by Crippen LogP contribution is -2.49. The molecule has 18 heavy (non-hydrogen) atoms. The summed E-state index contributed by atoms with van der Waals surface area (Å²) in [4.78, 5) is 0. The van der Waals surface area contributed by atoms with Crippen molar-refractivity contribution in [2.45, 2.75) is 52.6 Å². The van der Waals surface area contributed by atoms with E-state index in [1.54, 1.807) is 0 Å². The van der Waals surface area contributed by atoms with Gasteiger partial charge in [-0.2, -0.15) is 0 Å². The molecule has 0 aromatic heterocycles. The highest BCUT2D eigenvalue weighted by Gasteiger charge is 2.48. The van der Waals surface area contributed by atoms with E-state index in [0.717, 1.165) is 18.4 Å². The van der Waals surface area contributed by atoms with Crippen LogP contribution < -0.4 is 0 Å². The first-order valence-corrected chi connectivity index (χ1v) is 6.81. The highest BCUT2D eigenvalue weighted by Crippen LogP contribution is 2.51. The summed E-state index contributed by atoms with van der Waals surface area (Å²) in [5.41, 5.74) is 2.36. The molecule has 2 atom stereocenters. The van der Waals surface area contributed by atoms with E-state index < -0.39 is 0 Å². The molecule has 0 aromatic carbocycles. The lowest BCUT2D eigenvalue weighted by atomic mass is 9.60. The molecule has 1 saturated carbocycles. The Balaban J connectivity index is 3.14. The van der Waals surface area contributed by atoms with Gasteiger partial charge >= 0.3 is 0 Å². The van der Waals surface area contributed by atoms with Crippen LogP contribution in [0.3, 0.4) is 0 Å². The highest BCUT2D eigenvalue weighted by molar-refractivity contribution is 5.23. The van der Waals surface area contributed by atoms with E-state index in [0.29, 0.717) is 17.9 Å². The van der Waals surface area contributed by atoms with Crippen LogP contribution in [0.2, 0.25) is 0 Å². The summed E-state index contributed by atoms with van der Waals surface area (Å²) >= 11 is 0. The van der Waals surface area contributed by atoms with Crippen LogP contribution in [0.5, 0.6) is 0 Å². The summed E-state index contributed by atoms with van der Waals surface area (Å²) in [6, 6.07) is 0. The third-order valence-corrected chi connectivity index (χ3v) is 4.19. The summed E-state index contributed by atoms with van der Waals surface area (Å²) in [5.74, 6) is 0.378. The first-order valence-electron chi connectivity index (χ1n) is 6.81. The predicted octanol–water partition coefficient (Wildman–Crippen LogP) is 4.91. The van der Waals surface area contributed by atoms with Crippen molar-refractivity contribution in [1.29, 1.82) is 0 Å². The predicted molar refractivity (Wildman–Crippen MR) is 79.6 cm³/mol. The van der Waals surface area contributed by atoms with Gasteiger partial charge in [-0.25, -0.2) is 0 Å². The van der Waals surface area contributed by atoms with Gasteiger partial charge in [0.25, 0.3) is 0 Å². The quantitative estimate of drug-likeness (QED) is 0.628. The molecule has 0 radical (unpaired) electrons. The number of rotatable bonds is 5. The molecule has 1 fully saturated rings. The lowest BCUT2D eigenvalue weighted by molar-refractivity contribution is -0.0891. The van der Waals surface area contributed by atoms with E-state index >= 15 is 0 Å². The SMILES string of the molecule is C=CCO[C@@]1(C(=C)C)CC(C)(C)CCC1C(=C)C. The molecule has 1 aliphatic carbocycles. The minimum Gasteiger partial charge on any atom is -0.366 e. The fraction of sp³-hybridized carbons (Fsp3) is 0.647. The maximum absolute atomic E-state index is 6.21. The Hall–Kier alpha value is -0.820. The normalized spacial score (nSPS) is 30.8. The zero-order valence-corrected chi connectivity index (χ0v) is 12.5. The molecule has 0 aromatic rings. The second-order valence-corrected chi connectivity index (χ2v) is 6.55. The van der Waals surface area contributed by atoms with Crippen molar-refractivity contribution in [3.05, 3.63) is 37.0 Å². The topological polar surface area (TPSA) is 9.23 Å². The standard InChI is InChI=1S/C17H28O/c1-8-11-18-17(14(4)5)12-16(6,7)10-9-15(17)13(2)3/h8,15H,1-2,4,9-12H2,3,5-7H3/t15?,17-/m1/s1. The Morgan fingerprint density at radius 3 is 2.39 bits per heavy atom. The van der Waals surface area contributed by atoms with Crippen LogP contribution in [-0.2, 0) is 4.74 Å². The molecule has 0 saturated heterocycles. The van der Waals surface area contributed by atoms with Crippen LogP contribution in [0, 0.1) is 11.3 Å². The van der Waals surface area contributed by atoms with Crippen molar-refractivity contribution in [2.24, 2.45) is 11.3 Å². The first-order chi connectivity index (χ1) is 8.25. The smallest absolute Gasteiger partial charge is 0.0960 e. The Morgan fingerprint density at radius 1 is 1.33 bits per heavy atom. The molecule has 0 bridgehead atoms. The van der Waals surface area contributed by atoms with E-state index in [2.05, 4.69) is 47.4 Å². The highest BCUT2D eigenvalue weighted by atomic mass is 16.5. The van der Waals surface area contributed by atoms with Gasteiger partial charge in [0.2, 0.25) is 0 Å². The molecular weight excluding hydrogens is 220 g/mol. The van der Waals surface area contributed by atoms with Gasteiger partial charge < -0.3 is 4.74 Å². The molecule has 0 aliphatic heterocycles. The summed E-state index contributed by atoms with van der Waals surface area (Å²) in [6.07, 6.45) is 5.19. The van der Waals surface area contributed by atoms with Crippen LogP contribution in [0.25, 0.3) is 0 Å². The summed E-state index contributed by atoms with van der Waals surface area (Å²) < 4.78 is 6.21. The lowest BCUT2D eigenvalue weighted by Gasteiger charge is -2.50. The van der Waals surface area contributed by atoms with E-state index in [-0.39, 0.29) is 5.60 Å². The average Bonchev–Trinajstić information content (AvgIpc) is 2.24. The van der Waals surface area contributed by atoms with Gasteiger partial charge in [-0.15, -0.1) is 6.58 Å². The number of hydrogen-bond acceptors (Lipinski definition) is 1. The van der Waals surface area contributed by atoms with Gasteiger partial charge in [-0.3, -0.25) is 0 Å². The third kappa shape index (κ3) is 2.95. The van der Waals surface area contributed by atoms with Crippen molar-refractivity contribution >= 4 is 0 Å². The molecule has 1 rings (SSSR count). The Kier molecular flexibility index (Phi) is 4.61. The van der Waals surface area contributed by atoms with Gasteiger partial charge in [0.1, 0.15) is 0 Å². The molecule has 0 spiro atoms. The molecule has 0 amide bonds. The van der Waals surface area contributed by atoms with E-state index in [4.69, 9.17) is 4.74 Å². The van der Waals surface area contributed by atoms with Gasteiger partial charge in [0, 0.05) is 5.92 Å². The van der Waals surface area contributed by atoms with Crippen LogP contribution in [-0.4, -0.2) is 12.2 Å². The molecule has 1 unspecified atom stereocenters. The zero-order valence-electron chi connectivity index (χ0n) is 12.5. The van der Waals surface area contributed by atoms with Gasteiger partial charge in [-0.05, 0) is 44.1 Å². The van der Waals surface area contributed by atoms with Gasteiger partial charge in [0.05, 0.1) is 12.2 Å². The number of ether oxygens (including phenoxy) is 1. The fourth-order valence-corrected chi connectivity index (χ4v) is 3.27. The maximum Gasteiger partial charge on any atom is 0.0960 e. The first kappa shape index (κ1) is 15.2. The minimum absolute atomic E-state index is 0.262. The molecule has 0 heterocycles. The molecule has 1 aliphatic rings. The monoisotopic (exact) mass is 248 g/mol. The minimum atomic E-state index is -0.262. The molecule has 0 N–H and O–H groups in total. The molecular formula is C17H28O. The molecule has 1 heteroatoms. The summed E-state index contributed by atoms with van der Waals surface area (Å²) in [6.45, 7) is 21.5. The van der Waals surface area contributed by atoms with Crippen LogP contribution in [0.4, 0.5) is 0 Å². The molecule has 102 valence electrons. The summed E-state index contributed by atoms with van der Waals surface area (Å²) in [7, 11) is 0.